The molecule has 1 fully saturated rings. The molecule has 1 saturated heterocycles. The highest BCUT2D eigenvalue weighted by Gasteiger charge is 2.16. The molecule has 160 valence electrons. The highest BCUT2D eigenvalue weighted by Crippen LogP contribution is 2.19. The third-order valence-corrected chi connectivity index (χ3v) is 5.31. The maximum absolute atomic E-state index is 12.8. The highest BCUT2D eigenvalue weighted by atomic mass is 16.5. The van der Waals surface area contributed by atoms with E-state index in [0.29, 0.717) is 34.4 Å². The molecule has 1 aliphatic rings. The number of aromatic nitrogens is 1. The van der Waals surface area contributed by atoms with E-state index in [2.05, 4.69) is 16.0 Å². The van der Waals surface area contributed by atoms with Crippen LogP contribution in [-0.4, -0.2) is 35.8 Å². The van der Waals surface area contributed by atoms with Crippen LogP contribution in [0.3, 0.4) is 0 Å². The average molecular weight is 420 g/mol. The van der Waals surface area contributed by atoms with Crippen LogP contribution in [-0.2, 0) is 11.8 Å². The molecule has 2 heterocycles. The molecule has 3 N–H and O–H groups in total. The summed E-state index contributed by atoms with van der Waals surface area (Å²) in [4.78, 5) is 37.1. The zero-order chi connectivity index (χ0) is 21.8. The van der Waals surface area contributed by atoms with Gasteiger partial charge >= 0.3 is 6.03 Å². The number of carbonyl (C=O) groups excluding carboxylic acids is 2. The van der Waals surface area contributed by atoms with E-state index in [1.165, 1.54) is 10.6 Å². The molecule has 8 nitrogen and oxygen atoms in total. The van der Waals surface area contributed by atoms with Crippen LogP contribution in [0.1, 0.15) is 23.2 Å². The van der Waals surface area contributed by atoms with Crippen LogP contribution in [0.4, 0.5) is 16.2 Å². The second-order valence-corrected chi connectivity index (χ2v) is 7.47. The molecule has 8 heteroatoms. The van der Waals surface area contributed by atoms with Gasteiger partial charge in [-0.2, -0.15) is 0 Å². The van der Waals surface area contributed by atoms with Crippen LogP contribution in [0.5, 0.6) is 0 Å². The number of fused-ring (bicyclic) bond motifs is 1. The van der Waals surface area contributed by atoms with E-state index in [4.69, 9.17) is 4.74 Å². The average Bonchev–Trinajstić information content (AvgIpc) is 3.30. The van der Waals surface area contributed by atoms with E-state index in [1.54, 1.807) is 37.4 Å². The number of rotatable bonds is 5. The minimum atomic E-state index is -0.371. The standard InChI is InChI=1S/C23H24N4O4/c1-27-20-7-3-2-6-18(20)19(13-21(27)28)22(29)25-15-8-10-16(11-9-15)26-23(30)24-14-17-5-4-12-31-17/h2-3,6-11,13,17H,4-5,12,14H2,1H3,(H,25,29)(H2,24,26,30). The van der Waals surface area contributed by atoms with Crippen LogP contribution < -0.4 is 21.5 Å². The molecule has 1 aromatic heterocycles. The lowest BCUT2D eigenvalue weighted by Gasteiger charge is -2.13. The Morgan fingerprint density at radius 1 is 1.06 bits per heavy atom. The summed E-state index contributed by atoms with van der Waals surface area (Å²) in [6.45, 7) is 1.22. The summed E-state index contributed by atoms with van der Waals surface area (Å²) in [5.41, 5.74) is 1.91. The zero-order valence-corrected chi connectivity index (χ0v) is 17.2. The SMILES string of the molecule is Cn1c(=O)cc(C(=O)Nc2ccc(NC(=O)NCC3CCCO3)cc2)c2ccccc21. The minimum Gasteiger partial charge on any atom is -0.376 e. The van der Waals surface area contributed by atoms with Crippen molar-refractivity contribution in [3.8, 4) is 0 Å². The fraction of sp³-hybridized carbons (Fsp3) is 0.261. The number of aryl methyl sites for hydroxylation is 1. The number of carbonyl (C=O) groups is 2. The fourth-order valence-corrected chi connectivity index (χ4v) is 3.62. The van der Waals surface area contributed by atoms with E-state index in [1.807, 2.05) is 18.2 Å². The lowest BCUT2D eigenvalue weighted by atomic mass is 10.1. The maximum Gasteiger partial charge on any atom is 0.319 e. The first-order chi connectivity index (χ1) is 15.0. The van der Waals surface area contributed by atoms with Gasteiger partial charge in [-0.15, -0.1) is 0 Å². The monoisotopic (exact) mass is 420 g/mol. The number of amides is 3. The van der Waals surface area contributed by atoms with Gasteiger partial charge < -0.3 is 25.3 Å². The van der Waals surface area contributed by atoms with Crippen molar-refractivity contribution in [3.05, 3.63) is 70.5 Å². The molecule has 0 aliphatic carbocycles. The Kier molecular flexibility index (Phi) is 5.99. The molecule has 0 bridgehead atoms. The van der Waals surface area contributed by atoms with Gasteiger partial charge in [-0.25, -0.2) is 4.79 Å². The number of hydrogen-bond acceptors (Lipinski definition) is 4. The van der Waals surface area contributed by atoms with Gasteiger partial charge in [-0.3, -0.25) is 9.59 Å². The number of nitrogens with one attached hydrogen (secondary N) is 3. The second-order valence-electron chi connectivity index (χ2n) is 7.47. The van der Waals surface area contributed by atoms with E-state index < -0.39 is 0 Å². The molecule has 1 atom stereocenters. The predicted molar refractivity (Wildman–Crippen MR) is 120 cm³/mol. The van der Waals surface area contributed by atoms with Gasteiger partial charge in [0, 0.05) is 43.0 Å². The summed E-state index contributed by atoms with van der Waals surface area (Å²) in [5.74, 6) is -0.371. The van der Waals surface area contributed by atoms with Crippen molar-refractivity contribution in [2.45, 2.75) is 18.9 Å². The molecular formula is C23H24N4O4. The van der Waals surface area contributed by atoms with Crippen LogP contribution in [0.2, 0.25) is 0 Å². The number of pyridine rings is 1. The van der Waals surface area contributed by atoms with Crippen molar-refractivity contribution in [2.75, 3.05) is 23.8 Å². The van der Waals surface area contributed by atoms with Crippen molar-refractivity contribution in [2.24, 2.45) is 7.05 Å². The largest absolute Gasteiger partial charge is 0.376 e. The third kappa shape index (κ3) is 4.75. The number of urea groups is 1. The molecule has 4 rings (SSSR count). The van der Waals surface area contributed by atoms with Gasteiger partial charge in [0.05, 0.1) is 17.2 Å². The summed E-state index contributed by atoms with van der Waals surface area (Å²) in [6.07, 6.45) is 2.06. The Balaban J connectivity index is 1.40. The summed E-state index contributed by atoms with van der Waals surface area (Å²) < 4.78 is 6.99. The van der Waals surface area contributed by atoms with Crippen LogP contribution >= 0.6 is 0 Å². The Labute approximate surface area is 179 Å². The van der Waals surface area contributed by atoms with Crippen molar-refractivity contribution >= 4 is 34.2 Å². The lowest BCUT2D eigenvalue weighted by molar-refractivity contribution is 0.102. The van der Waals surface area contributed by atoms with Gasteiger partial charge in [0.1, 0.15) is 0 Å². The fourth-order valence-electron chi connectivity index (χ4n) is 3.62. The molecule has 1 aliphatic heterocycles. The van der Waals surface area contributed by atoms with Crippen LogP contribution in [0.25, 0.3) is 10.9 Å². The summed E-state index contributed by atoms with van der Waals surface area (Å²) >= 11 is 0. The summed E-state index contributed by atoms with van der Waals surface area (Å²) in [7, 11) is 1.68. The molecule has 0 spiro atoms. The minimum absolute atomic E-state index is 0.0780. The molecule has 2 aromatic carbocycles. The summed E-state index contributed by atoms with van der Waals surface area (Å²) in [6, 6.07) is 15.1. The first kappa shape index (κ1) is 20.6. The van der Waals surface area contributed by atoms with E-state index in [0.717, 1.165) is 19.4 Å². The highest BCUT2D eigenvalue weighted by molar-refractivity contribution is 6.12. The summed E-state index contributed by atoms with van der Waals surface area (Å²) in [5, 5.41) is 9.05. The molecular weight excluding hydrogens is 396 g/mol. The van der Waals surface area contributed by atoms with Crippen LogP contribution in [0, 0.1) is 0 Å². The molecule has 0 saturated carbocycles. The molecule has 0 radical (unpaired) electrons. The maximum atomic E-state index is 12.8. The zero-order valence-electron chi connectivity index (χ0n) is 17.2. The molecule has 31 heavy (non-hydrogen) atoms. The Bertz CT molecular complexity index is 1160. The lowest BCUT2D eigenvalue weighted by Crippen LogP contribution is -2.35. The molecule has 3 amide bonds. The number of ether oxygens (including phenoxy) is 1. The van der Waals surface area contributed by atoms with Gasteiger partial charge in [-0.1, -0.05) is 18.2 Å². The van der Waals surface area contributed by atoms with Crippen LogP contribution in [0.15, 0.2) is 59.4 Å². The third-order valence-electron chi connectivity index (χ3n) is 5.31. The van der Waals surface area contributed by atoms with Crippen molar-refractivity contribution in [1.82, 2.24) is 9.88 Å². The molecule has 1 unspecified atom stereocenters. The van der Waals surface area contributed by atoms with Gasteiger partial charge in [0.2, 0.25) is 0 Å². The molecule has 3 aromatic rings. The number of nitrogens with zero attached hydrogens (tertiary/aromatic N) is 1. The normalized spacial score (nSPS) is 15.6. The van der Waals surface area contributed by atoms with Crippen molar-refractivity contribution < 1.29 is 14.3 Å². The van der Waals surface area contributed by atoms with E-state index in [-0.39, 0.29) is 23.6 Å². The topological polar surface area (TPSA) is 101 Å². The number of benzene rings is 2. The second kappa shape index (κ2) is 9.01. The number of hydrogen-bond donors (Lipinski definition) is 3. The number of para-hydroxylation sites is 1. The van der Waals surface area contributed by atoms with Gasteiger partial charge in [0.15, 0.2) is 0 Å². The van der Waals surface area contributed by atoms with E-state index in [9.17, 15) is 14.4 Å². The van der Waals surface area contributed by atoms with Gasteiger partial charge in [0.25, 0.3) is 11.5 Å². The Morgan fingerprint density at radius 3 is 2.48 bits per heavy atom. The van der Waals surface area contributed by atoms with E-state index >= 15 is 0 Å². The quantitative estimate of drug-likeness (QED) is 0.590. The van der Waals surface area contributed by atoms with Gasteiger partial charge in [-0.05, 0) is 43.2 Å². The first-order valence-electron chi connectivity index (χ1n) is 10.2. The number of anilines is 2. The van der Waals surface area contributed by atoms with Crippen molar-refractivity contribution in [1.29, 1.82) is 0 Å². The Morgan fingerprint density at radius 2 is 1.77 bits per heavy atom. The first-order valence-corrected chi connectivity index (χ1v) is 10.2. The predicted octanol–water partition coefficient (Wildman–Crippen LogP) is 3.09. The Hall–Kier alpha value is -3.65. The smallest absolute Gasteiger partial charge is 0.319 e. The van der Waals surface area contributed by atoms with Crippen molar-refractivity contribution in [3.63, 3.8) is 0 Å².